The van der Waals surface area contributed by atoms with Gasteiger partial charge in [-0.05, 0) is 37.5 Å². The standard InChI is InChI=1S/C12H18N2O/c1-10(13-15)4-5-11-6-8-12(9-7-11)14(2)3/h6-9,15H,4-5H2,1-3H3/b13-10+. The molecule has 0 heterocycles. The molecule has 1 aromatic rings. The molecule has 1 rings (SSSR count). The number of benzene rings is 1. The van der Waals surface area contributed by atoms with Gasteiger partial charge >= 0.3 is 0 Å². The fourth-order valence-electron chi connectivity index (χ4n) is 1.34. The first kappa shape index (κ1) is 11.6. The molecule has 0 fully saturated rings. The first-order valence-electron chi connectivity index (χ1n) is 5.07. The van der Waals surface area contributed by atoms with Gasteiger partial charge in [0, 0.05) is 19.8 Å². The zero-order chi connectivity index (χ0) is 11.3. The molecule has 0 saturated heterocycles. The lowest BCUT2D eigenvalue weighted by atomic mass is 10.1. The van der Waals surface area contributed by atoms with Gasteiger partial charge in [0.1, 0.15) is 0 Å². The van der Waals surface area contributed by atoms with Crippen LogP contribution in [0, 0.1) is 0 Å². The van der Waals surface area contributed by atoms with Crippen LogP contribution in [0.5, 0.6) is 0 Å². The lowest BCUT2D eigenvalue weighted by Gasteiger charge is -2.12. The largest absolute Gasteiger partial charge is 0.411 e. The summed E-state index contributed by atoms with van der Waals surface area (Å²) < 4.78 is 0. The summed E-state index contributed by atoms with van der Waals surface area (Å²) in [6.07, 6.45) is 1.72. The number of aryl methyl sites for hydroxylation is 1. The van der Waals surface area contributed by atoms with Crippen molar-refractivity contribution in [1.82, 2.24) is 0 Å². The van der Waals surface area contributed by atoms with Gasteiger partial charge in [-0.15, -0.1) is 0 Å². The highest BCUT2D eigenvalue weighted by Crippen LogP contribution is 2.13. The summed E-state index contributed by atoms with van der Waals surface area (Å²) in [6, 6.07) is 8.42. The molecule has 0 spiro atoms. The molecule has 82 valence electrons. The summed E-state index contributed by atoms with van der Waals surface area (Å²) >= 11 is 0. The smallest absolute Gasteiger partial charge is 0.0543 e. The van der Waals surface area contributed by atoms with Crippen molar-refractivity contribution in [2.45, 2.75) is 19.8 Å². The molecule has 0 aliphatic heterocycles. The van der Waals surface area contributed by atoms with Gasteiger partial charge in [0.2, 0.25) is 0 Å². The lowest BCUT2D eigenvalue weighted by Crippen LogP contribution is -2.08. The Kier molecular flexibility index (Phi) is 4.16. The van der Waals surface area contributed by atoms with Crippen molar-refractivity contribution >= 4 is 11.4 Å². The van der Waals surface area contributed by atoms with Gasteiger partial charge in [-0.25, -0.2) is 0 Å². The van der Waals surface area contributed by atoms with Gasteiger partial charge in [0.05, 0.1) is 5.71 Å². The van der Waals surface area contributed by atoms with Crippen molar-refractivity contribution in [2.24, 2.45) is 5.16 Å². The van der Waals surface area contributed by atoms with E-state index in [4.69, 9.17) is 5.21 Å². The van der Waals surface area contributed by atoms with Crippen LogP contribution in [0.25, 0.3) is 0 Å². The molecule has 0 aliphatic carbocycles. The molecule has 0 saturated carbocycles. The highest BCUT2D eigenvalue weighted by atomic mass is 16.4. The number of nitrogens with zero attached hydrogens (tertiary/aromatic N) is 2. The molecule has 0 bridgehead atoms. The highest BCUT2D eigenvalue weighted by molar-refractivity contribution is 5.81. The van der Waals surface area contributed by atoms with E-state index in [2.05, 4.69) is 34.3 Å². The quantitative estimate of drug-likeness (QED) is 0.467. The third-order valence-electron chi connectivity index (χ3n) is 2.40. The average Bonchev–Trinajstić information content (AvgIpc) is 2.26. The fraction of sp³-hybridized carbons (Fsp3) is 0.417. The van der Waals surface area contributed by atoms with Gasteiger partial charge in [0.25, 0.3) is 0 Å². The molecule has 0 atom stereocenters. The van der Waals surface area contributed by atoms with E-state index in [1.807, 2.05) is 21.0 Å². The minimum atomic E-state index is 0.770. The average molecular weight is 206 g/mol. The lowest BCUT2D eigenvalue weighted by molar-refractivity contribution is 0.317. The maximum atomic E-state index is 8.51. The Bertz CT molecular complexity index is 328. The molecule has 3 heteroatoms. The van der Waals surface area contributed by atoms with Crippen LogP contribution in [0.3, 0.4) is 0 Å². The topological polar surface area (TPSA) is 35.8 Å². The zero-order valence-electron chi connectivity index (χ0n) is 9.57. The third kappa shape index (κ3) is 3.62. The number of oxime groups is 1. The molecule has 0 amide bonds. The number of hydrogen-bond acceptors (Lipinski definition) is 3. The molecular formula is C12H18N2O. The van der Waals surface area contributed by atoms with Gasteiger partial charge < -0.3 is 10.1 Å². The van der Waals surface area contributed by atoms with Gasteiger partial charge in [0.15, 0.2) is 0 Å². The molecule has 0 aliphatic rings. The van der Waals surface area contributed by atoms with E-state index >= 15 is 0 Å². The molecule has 0 radical (unpaired) electrons. The number of hydrogen-bond donors (Lipinski definition) is 1. The second-order valence-corrected chi connectivity index (χ2v) is 3.90. The zero-order valence-corrected chi connectivity index (χ0v) is 9.57. The summed E-state index contributed by atoms with van der Waals surface area (Å²) in [5.74, 6) is 0. The Morgan fingerprint density at radius 1 is 1.27 bits per heavy atom. The normalized spacial score (nSPS) is 11.5. The van der Waals surface area contributed by atoms with Crippen molar-refractivity contribution in [3.8, 4) is 0 Å². The minimum absolute atomic E-state index is 0.770. The van der Waals surface area contributed by atoms with E-state index in [-0.39, 0.29) is 0 Å². The van der Waals surface area contributed by atoms with Crippen LogP contribution in [0.15, 0.2) is 29.4 Å². The summed E-state index contributed by atoms with van der Waals surface area (Å²) in [7, 11) is 4.05. The van der Waals surface area contributed by atoms with Crippen LogP contribution < -0.4 is 4.90 Å². The second kappa shape index (κ2) is 5.39. The van der Waals surface area contributed by atoms with Gasteiger partial charge in [-0.3, -0.25) is 0 Å². The van der Waals surface area contributed by atoms with Crippen molar-refractivity contribution < 1.29 is 5.21 Å². The number of anilines is 1. The Labute approximate surface area is 91.0 Å². The van der Waals surface area contributed by atoms with Gasteiger partial charge in [-0.1, -0.05) is 17.3 Å². The molecule has 1 aromatic carbocycles. The predicted octanol–water partition coefficient (Wildman–Crippen LogP) is 2.54. The minimum Gasteiger partial charge on any atom is -0.411 e. The van der Waals surface area contributed by atoms with Crippen molar-refractivity contribution in [3.63, 3.8) is 0 Å². The summed E-state index contributed by atoms with van der Waals surface area (Å²) in [5, 5.41) is 11.7. The first-order valence-corrected chi connectivity index (χ1v) is 5.07. The Morgan fingerprint density at radius 2 is 1.87 bits per heavy atom. The van der Waals surface area contributed by atoms with E-state index in [1.54, 1.807) is 0 Å². The van der Waals surface area contributed by atoms with Crippen LogP contribution in [-0.4, -0.2) is 25.0 Å². The first-order chi connectivity index (χ1) is 7.13. The van der Waals surface area contributed by atoms with Crippen LogP contribution in [-0.2, 0) is 6.42 Å². The summed E-state index contributed by atoms with van der Waals surface area (Å²) in [4.78, 5) is 2.07. The van der Waals surface area contributed by atoms with Crippen LogP contribution in [0.1, 0.15) is 18.9 Å². The van der Waals surface area contributed by atoms with E-state index in [0.29, 0.717) is 0 Å². The predicted molar refractivity (Wildman–Crippen MR) is 64.0 cm³/mol. The summed E-state index contributed by atoms with van der Waals surface area (Å²) in [6.45, 7) is 1.83. The Morgan fingerprint density at radius 3 is 2.33 bits per heavy atom. The third-order valence-corrected chi connectivity index (χ3v) is 2.40. The van der Waals surface area contributed by atoms with E-state index in [9.17, 15) is 0 Å². The molecule has 1 N–H and O–H groups in total. The van der Waals surface area contributed by atoms with E-state index in [1.165, 1.54) is 11.3 Å². The van der Waals surface area contributed by atoms with Crippen molar-refractivity contribution in [2.75, 3.05) is 19.0 Å². The van der Waals surface area contributed by atoms with Crippen LogP contribution in [0.2, 0.25) is 0 Å². The van der Waals surface area contributed by atoms with Crippen molar-refractivity contribution in [3.05, 3.63) is 29.8 Å². The van der Waals surface area contributed by atoms with E-state index < -0.39 is 0 Å². The molecular weight excluding hydrogens is 188 g/mol. The van der Waals surface area contributed by atoms with Crippen LogP contribution >= 0.6 is 0 Å². The Hall–Kier alpha value is -1.51. The second-order valence-electron chi connectivity index (χ2n) is 3.90. The van der Waals surface area contributed by atoms with E-state index in [0.717, 1.165) is 18.6 Å². The van der Waals surface area contributed by atoms with Crippen molar-refractivity contribution in [1.29, 1.82) is 0 Å². The molecule has 0 aromatic heterocycles. The van der Waals surface area contributed by atoms with Gasteiger partial charge in [-0.2, -0.15) is 0 Å². The number of rotatable bonds is 4. The molecule has 3 nitrogen and oxygen atoms in total. The maximum Gasteiger partial charge on any atom is 0.0543 e. The Balaban J connectivity index is 2.57. The fourth-order valence-corrected chi connectivity index (χ4v) is 1.34. The van der Waals surface area contributed by atoms with Crippen LogP contribution in [0.4, 0.5) is 5.69 Å². The monoisotopic (exact) mass is 206 g/mol. The summed E-state index contributed by atoms with van der Waals surface area (Å²) in [5.41, 5.74) is 3.24. The molecule has 15 heavy (non-hydrogen) atoms. The highest BCUT2D eigenvalue weighted by Gasteiger charge is 1.98. The maximum absolute atomic E-state index is 8.51. The SMILES string of the molecule is C/C(CCc1ccc(N(C)C)cc1)=N\O. The molecule has 0 unspecified atom stereocenters.